The smallest absolute Gasteiger partial charge is 0.113 e. The van der Waals surface area contributed by atoms with Gasteiger partial charge in [0.05, 0.1) is 5.69 Å². The minimum atomic E-state index is 0.118. The number of fused-ring (bicyclic) bond motifs is 1. The molecular weight excluding hydrogens is 284 g/mol. The molecule has 1 N–H and O–H groups in total. The predicted octanol–water partition coefficient (Wildman–Crippen LogP) is 3.80. The molecule has 2 aromatic heterocycles. The van der Waals surface area contributed by atoms with Gasteiger partial charge >= 0.3 is 0 Å². The fourth-order valence-electron chi connectivity index (χ4n) is 3.22. The van der Waals surface area contributed by atoms with E-state index in [1.165, 1.54) is 29.9 Å². The molecule has 0 saturated carbocycles. The van der Waals surface area contributed by atoms with E-state index in [2.05, 4.69) is 60.9 Å². The lowest BCUT2D eigenvalue weighted by atomic mass is 9.93. The third kappa shape index (κ3) is 3.63. The van der Waals surface area contributed by atoms with Gasteiger partial charge in [0.25, 0.3) is 0 Å². The van der Waals surface area contributed by atoms with Gasteiger partial charge < -0.3 is 9.88 Å². The molecule has 2 atom stereocenters. The van der Waals surface area contributed by atoms with Crippen LogP contribution in [0.5, 0.6) is 0 Å². The molecule has 2 unspecified atom stereocenters. The third-order valence-electron chi connectivity index (χ3n) is 4.77. The largest absolute Gasteiger partial charge is 0.334 e. The second-order valence-corrected chi connectivity index (χ2v) is 7.68. The second kappa shape index (κ2) is 6.44. The summed E-state index contributed by atoms with van der Waals surface area (Å²) in [6, 6.07) is 4.50. The van der Waals surface area contributed by atoms with Crippen molar-refractivity contribution in [2.75, 3.05) is 6.54 Å². The molecule has 0 radical (unpaired) electrons. The number of imidazole rings is 1. The van der Waals surface area contributed by atoms with E-state index in [9.17, 15) is 0 Å². The van der Waals surface area contributed by atoms with Crippen LogP contribution in [0.4, 0.5) is 0 Å². The minimum Gasteiger partial charge on any atom is -0.334 e. The minimum absolute atomic E-state index is 0.118. The van der Waals surface area contributed by atoms with Gasteiger partial charge in [-0.25, -0.2) is 4.98 Å². The van der Waals surface area contributed by atoms with Gasteiger partial charge in [-0.05, 0) is 37.5 Å². The number of nitrogens with one attached hydrogen (secondary N) is 1. The fourth-order valence-corrected chi connectivity index (χ4v) is 3.22. The number of aryl methyl sites for hydroxylation is 1. The molecule has 1 aliphatic rings. The monoisotopic (exact) mass is 312 g/mol. The van der Waals surface area contributed by atoms with Gasteiger partial charge in [0.15, 0.2) is 0 Å². The zero-order valence-electron chi connectivity index (χ0n) is 14.7. The number of hydrogen-bond donors (Lipinski definition) is 1. The number of hydrogen-bond acceptors (Lipinski definition) is 3. The first-order valence-corrected chi connectivity index (χ1v) is 8.66. The van der Waals surface area contributed by atoms with Crippen LogP contribution >= 0.6 is 0 Å². The van der Waals surface area contributed by atoms with Crippen LogP contribution in [0.15, 0.2) is 30.7 Å². The Morgan fingerprint density at radius 2 is 2.04 bits per heavy atom. The number of pyridine rings is 1. The molecule has 0 saturated heterocycles. The Kier molecular flexibility index (Phi) is 4.53. The van der Waals surface area contributed by atoms with Crippen molar-refractivity contribution >= 4 is 0 Å². The lowest BCUT2D eigenvalue weighted by Crippen LogP contribution is -2.28. The van der Waals surface area contributed by atoms with Crippen LogP contribution in [-0.2, 0) is 12.0 Å². The molecule has 0 bridgehead atoms. The summed E-state index contributed by atoms with van der Waals surface area (Å²) in [6.07, 6.45) is 8.43. The van der Waals surface area contributed by atoms with Gasteiger partial charge in [0, 0.05) is 49.1 Å². The highest BCUT2D eigenvalue weighted by molar-refractivity contribution is 5.18. The van der Waals surface area contributed by atoms with Crippen LogP contribution in [0.2, 0.25) is 0 Å². The Balaban J connectivity index is 1.70. The highest BCUT2D eigenvalue weighted by atomic mass is 15.1. The van der Waals surface area contributed by atoms with E-state index in [0.717, 1.165) is 13.1 Å². The zero-order chi connectivity index (χ0) is 16.4. The fraction of sp³-hybridized carbons (Fsp3) is 0.579. The summed E-state index contributed by atoms with van der Waals surface area (Å²) in [7, 11) is 0. The SMILES string of the molecule is CC(NCC1CCCn2cc(C(C)(C)C)nc21)c1ccncc1. The summed E-state index contributed by atoms with van der Waals surface area (Å²) < 4.78 is 2.37. The molecule has 0 aromatic carbocycles. The maximum atomic E-state index is 4.97. The molecule has 0 spiro atoms. The summed E-state index contributed by atoms with van der Waals surface area (Å²) in [5, 5.41) is 3.68. The average Bonchev–Trinajstić information content (AvgIpc) is 2.98. The maximum absolute atomic E-state index is 4.97. The Bertz CT molecular complexity index is 639. The van der Waals surface area contributed by atoms with Crippen LogP contribution in [0.25, 0.3) is 0 Å². The lowest BCUT2D eigenvalue weighted by Gasteiger charge is -2.25. The first-order chi connectivity index (χ1) is 10.9. The van der Waals surface area contributed by atoms with Crippen LogP contribution in [-0.4, -0.2) is 21.1 Å². The molecular formula is C19H28N4. The van der Waals surface area contributed by atoms with Crippen molar-refractivity contribution in [1.82, 2.24) is 19.9 Å². The molecule has 4 heteroatoms. The van der Waals surface area contributed by atoms with Gasteiger partial charge in [-0.2, -0.15) is 0 Å². The Hall–Kier alpha value is -1.68. The summed E-state index contributed by atoms with van der Waals surface area (Å²) >= 11 is 0. The average molecular weight is 312 g/mol. The molecule has 0 amide bonds. The van der Waals surface area contributed by atoms with Crippen molar-refractivity contribution in [3.63, 3.8) is 0 Å². The first kappa shape index (κ1) is 16.2. The van der Waals surface area contributed by atoms with Crippen molar-refractivity contribution in [2.24, 2.45) is 0 Å². The molecule has 3 heterocycles. The summed E-state index contributed by atoms with van der Waals surface area (Å²) in [5.41, 5.74) is 2.61. The van der Waals surface area contributed by atoms with Crippen molar-refractivity contribution in [1.29, 1.82) is 0 Å². The van der Waals surface area contributed by atoms with E-state index in [4.69, 9.17) is 4.98 Å². The third-order valence-corrected chi connectivity index (χ3v) is 4.77. The highest BCUT2D eigenvalue weighted by Crippen LogP contribution is 2.30. The Morgan fingerprint density at radius 3 is 2.74 bits per heavy atom. The molecule has 1 aliphatic heterocycles. The van der Waals surface area contributed by atoms with Gasteiger partial charge in [-0.3, -0.25) is 4.98 Å². The topological polar surface area (TPSA) is 42.7 Å². The van der Waals surface area contributed by atoms with E-state index >= 15 is 0 Å². The van der Waals surface area contributed by atoms with Gasteiger partial charge in [-0.1, -0.05) is 20.8 Å². The number of nitrogens with zero attached hydrogens (tertiary/aromatic N) is 3. The summed E-state index contributed by atoms with van der Waals surface area (Å²) in [6.45, 7) is 11.0. The van der Waals surface area contributed by atoms with Crippen LogP contribution in [0, 0.1) is 0 Å². The molecule has 23 heavy (non-hydrogen) atoms. The Labute approximate surface area is 139 Å². The summed E-state index contributed by atoms with van der Waals surface area (Å²) in [5.74, 6) is 1.76. The van der Waals surface area contributed by atoms with Gasteiger partial charge in [-0.15, -0.1) is 0 Å². The molecule has 4 nitrogen and oxygen atoms in total. The quantitative estimate of drug-likeness (QED) is 0.933. The molecule has 124 valence electrons. The lowest BCUT2D eigenvalue weighted by molar-refractivity contribution is 0.408. The number of rotatable bonds is 4. The predicted molar refractivity (Wildman–Crippen MR) is 93.6 cm³/mol. The van der Waals surface area contributed by atoms with E-state index < -0.39 is 0 Å². The standard InChI is InChI=1S/C19H28N4/c1-14(15-7-9-20-10-8-15)21-12-16-6-5-11-23-13-17(19(2,3)4)22-18(16)23/h7-10,13-14,16,21H,5-6,11-12H2,1-4H3. The van der Waals surface area contributed by atoms with E-state index in [-0.39, 0.29) is 5.41 Å². The van der Waals surface area contributed by atoms with E-state index in [1.807, 2.05) is 12.4 Å². The van der Waals surface area contributed by atoms with Crippen LogP contribution in [0.3, 0.4) is 0 Å². The van der Waals surface area contributed by atoms with Gasteiger partial charge in [0.2, 0.25) is 0 Å². The summed E-state index contributed by atoms with van der Waals surface area (Å²) in [4.78, 5) is 9.06. The molecule has 0 aliphatic carbocycles. The number of aromatic nitrogens is 3. The maximum Gasteiger partial charge on any atom is 0.113 e. The molecule has 3 rings (SSSR count). The van der Waals surface area contributed by atoms with Crippen LogP contribution < -0.4 is 5.32 Å². The second-order valence-electron chi connectivity index (χ2n) is 7.68. The normalized spacial score (nSPS) is 19.4. The van der Waals surface area contributed by atoms with Crippen molar-refractivity contribution in [3.8, 4) is 0 Å². The first-order valence-electron chi connectivity index (χ1n) is 8.66. The molecule has 0 fully saturated rings. The van der Waals surface area contributed by atoms with Crippen LogP contribution in [0.1, 0.15) is 69.6 Å². The zero-order valence-corrected chi connectivity index (χ0v) is 14.7. The molecule has 2 aromatic rings. The van der Waals surface area contributed by atoms with Gasteiger partial charge in [0.1, 0.15) is 5.82 Å². The van der Waals surface area contributed by atoms with Crippen molar-refractivity contribution in [2.45, 2.75) is 64.5 Å². The Morgan fingerprint density at radius 1 is 1.30 bits per heavy atom. The van der Waals surface area contributed by atoms with Crippen molar-refractivity contribution in [3.05, 3.63) is 47.8 Å². The van der Waals surface area contributed by atoms with Crippen molar-refractivity contribution < 1.29 is 0 Å². The highest BCUT2D eigenvalue weighted by Gasteiger charge is 2.26. The van der Waals surface area contributed by atoms with E-state index in [0.29, 0.717) is 12.0 Å². The van der Waals surface area contributed by atoms with E-state index in [1.54, 1.807) is 0 Å².